The van der Waals surface area contributed by atoms with Crippen molar-refractivity contribution in [2.45, 2.75) is 5.41 Å². The lowest BCUT2D eigenvalue weighted by atomic mass is 9.67. The molecule has 0 amide bonds. The third kappa shape index (κ3) is 5.80. The molecule has 0 saturated heterocycles. The van der Waals surface area contributed by atoms with E-state index in [-0.39, 0.29) is 0 Å². The van der Waals surface area contributed by atoms with Crippen LogP contribution in [0.3, 0.4) is 0 Å². The van der Waals surface area contributed by atoms with Crippen LogP contribution in [-0.2, 0) is 5.41 Å². The van der Waals surface area contributed by atoms with Crippen LogP contribution in [0.5, 0.6) is 0 Å². The first-order valence-electron chi connectivity index (χ1n) is 21.8. The fourth-order valence-electron chi connectivity index (χ4n) is 10.4. The van der Waals surface area contributed by atoms with Crippen LogP contribution in [0.15, 0.2) is 255 Å². The molecule has 63 heavy (non-hydrogen) atoms. The molecular formula is C61H42N2. The Balaban J connectivity index is 1.10. The first-order valence-corrected chi connectivity index (χ1v) is 21.8. The first kappa shape index (κ1) is 36.6. The van der Waals surface area contributed by atoms with Crippen LogP contribution in [0, 0.1) is 0 Å². The molecule has 0 radical (unpaired) electrons. The van der Waals surface area contributed by atoms with Gasteiger partial charge in [0.05, 0.1) is 27.8 Å². The summed E-state index contributed by atoms with van der Waals surface area (Å²) >= 11 is 0. The van der Waals surface area contributed by atoms with E-state index < -0.39 is 5.41 Å². The third-order valence-corrected chi connectivity index (χ3v) is 13.1. The van der Waals surface area contributed by atoms with Gasteiger partial charge in [-0.05, 0) is 93.0 Å². The lowest BCUT2D eigenvalue weighted by molar-refractivity contribution is 0.762. The van der Waals surface area contributed by atoms with Gasteiger partial charge in [-0.3, -0.25) is 0 Å². The molecule has 0 fully saturated rings. The zero-order chi connectivity index (χ0) is 41.7. The van der Waals surface area contributed by atoms with Gasteiger partial charge in [0.2, 0.25) is 0 Å². The summed E-state index contributed by atoms with van der Waals surface area (Å²) in [4.78, 5) is 2.39. The summed E-state index contributed by atoms with van der Waals surface area (Å²) < 4.78 is 2.54. The summed E-state index contributed by atoms with van der Waals surface area (Å²) in [7, 11) is 0. The summed E-state index contributed by atoms with van der Waals surface area (Å²) in [5.74, 6) is 0. The van der Waals surface area contributed by atoms with E-state index in [1.807, 2.05) is 0 Å². The highest BCUT2D eigenvalue weighted by Gasteiger charge is 2.48. The maximum atomic E-state index is 2.54. The number of rotatable bonds is 8. The summed E-state index contributed by atoms with van der Waals surface area (Å²) in [5, 5.41) is 2.45. The van der Waals surface area contributed by atoms with Crippen LogP contribution < -0.4 is 4.90 Å². The van der Waals surface area contributed by atoms with Gasteiger partial charge in [0.25, 0.3) is 0 Å². The second kappa shape index (κ2) is 15.1. The summed E-state index contributed by atoms with van der Waals surface area (Å²) in [6.07, 6.45) is 0. The Morgan fingerprint density at radius 3 is 1.59 bits per heavy atom. The Morgan fingerprint density at radius 1 is 0.333 bits per heavy atom. The topological polar surface area (TPSA) is 8.17 Å². The van der Waals surface area contributed by atoms with Crippen molar-refractivity contribution in [3.63, 3.8) is 0 Å². The van der Waals surface area contributed by atoms with E-state index in [9.17, 15) is 0 Å². The molecule has 11 aromatic rings. The molecular weight excluding hydrogens is 761 g/mol. The quantitative estimate of drug-likeness (QED) is 0.149. The standard InChI is InChI=1S/C61H42N2/c1-5-20-43(21-6-1)44-36-39-49(40-37-44)62(48-26-11-4-12-27-48)56-33-17-14-28-50(56)45-38-41-53-52-30-15-18-34-57(52)63(59(53)42-45)58-35-19-31-54-51-29-13-16-32-55(51)61(60(54)58,46-22-7-2-8-23-46)47-24-9-3-10-25-47/h1-42H. The second-order valence-electron chi connectivity index (χ2n) is 16.4. The lowest BCUT2D eigenvalue weighted by Crippen LogP contribution is -2.29. The van der Waals surface area contributed by atoms with Crippen molar-refractivity contribution in [3.05, 3.63) is 277 Å². The Bertz CT molecular complexity index is 3380. The monoisotopic (exact) mass is 802 g/mol. The van der Waals surface area contributed by atoms with E-state index in [4.69, 9.17) is 0 Å². The van der Waals surface area contributed by atoms with Gasteiger partial charge in [0.1, 0.15) is 0 Å². The van der Waals surface area contributed by atoms with E-state index in [0.29, 0.717) is 0 Å². The summed E-state index contributed by atoms with van der Waals surface area (Å²) in [5.41, 5.74) is 18.6. The van der Waals surface area contributed by atoms with Crippen LogP contribution in [0.25, 0.3) is 60.9 Å². The summed E-state index contributed by atoms with van der Waals surface area (Å²) in [6.45, 7) is 0. The minimum absolute atomic E-state index is 0.556. The van der Waals surface area contributed by atoms with Crippen molar-refractivity contribution in [1.29, 1.82) is 0 Å². The fourth-order valence-corrected chi connectivity index (χ4v) is 10.4. The van der Waals surface area contributed by atoms with E-state index in [1.54, 1.807) is 0 Å². The van der Waals surface area contributed by atoms with E-state index in [2.05, 4.69) is 264 Å². The van der Waals surface area contributed by atoms with Crippen LogP contribution in [-0.4, -0.2) is 4.57 Å². The molecule has 1 aromatic heterocycles. The molecule has 1 aliphatic carbocycles. The number of anilines is 3. The van der Waals surface area contributed by atoms with Gasteiger partial charge in [-0.2, -0.15) is 0 Å². The van der Waals surface area contributed by atoms with Crippen molar-refractivity contribution in [3.8, 4) is 39.1 Å². The van der Waals surface area contributed by atoms with Gasteiger partial charge >= 0.3 is 0 Å². The average Bonchev–Trinajstić information content (AvgIpc) is 3.86. The lowest BCUT2D eigenvalue weighted by Gasteiger charge is -2.35. The Hall–Kier alpha value is -8.20. The van der Waals surface area contributed by atoms with Crippen LogP contribution in [0.4, 0.5) is 17.1 Å². The normalized spacial score (nSPS) is 12.6. The minimum atomic E-state index is -0.556. The predicted molar refractivity (Wildman–Crippen MR) is 264 cm³/mol. The minimum Gasteiger partial charge on any atom is -0.310 e. The zero-order valence-corrected chi connectivity index (χ0v) is 34.6. The molecule has 10 aromatic carbocycles. The van der Waals surface area contributed by atoms with Gasteiger partial charge in [-0.15, -0.1) is 0 Å². The second-order valence-corrected chi connectivity index (χ2v) is 16.4. The fraction of sp³-hybridized carbons (Fsp3) is 0.0164. The molecule has 0 aliphatic heterocycles. The predicted octanol–water partition coefficient (Wildman–Crippen LogP) is 16.0. The number of fused-ring (bicyclic) bond motifs is 6. The van der Waals surface area contributed by atoms with Gasteiger partial charge in [0, 0.05) is 33.3 Å². The summed E-state index contributed by atoms with van der Waals surface area (Å²) in [6, 6.07) is 93.2. The molecule has 0 unspecified atom stereocenters. The zero-order valence-electron chi connectivity index (χ0n) is 34.6. The van der Waals surface area contributed by atoms with Gasteiger partial charge in [0.15, 0.2) is 0 Å². The van der Waals surface area contributed by atoms with E-state index >= 15 is 0 Å². The van der Waals surface area contributed by atoms with Crippen LogP contribution >= 0.6 is 0 Å². The number of hydrogen-bond donors (Lipinski definition) is 0. The molecule has 296 valence electrons. The highest BCUT2D eigenvalue weighted by Crippen LogP contribution is 2.58. The van der Waals surface area contributed by atoms with Crippen molar-refractivity contribution >= 4 is 38.9 Å². The van der Waals surface area contributed by atoms with Crippen molar-refractivity contribution in [1.82, 2.24) is 4.57 Å². The van der Waals surface area contributed by atoms with Gasteiger partial charge < -0.3 is 9.47 Å². The molecule has 0 spiro atoms. The molecule has 12 rings (SSSR count). The Kier molecular flexibility index (Phi) is 8.76. The number of para-hydroxylation sites is 3. The van der Waals surface area contributed by atoms with E-state index in [0.717, 1.165) is 28.2 Å². The molecule has 1 heterocycles. The average molecular weight is 803 g/mol. The number of hydrogen-bond acceptors (Lipinski definition) is 1. The van der Waals surface area contributed by atoms with Crippen molar-refractivity contribution in [2.75, 3.05) is 4.90 Å². The highest BCUT2D eigenvalue weighted by atomic mass is 15.1. The molecule has 2 nitrogen and oxygen atoms in total. The van der Waals surface area contributed by atoms with Crippen LogP contribution in [0.2, 0.25) is 0 Å². The maximum absolute atomic E-state index is 2.54. The first-order chi connectivity index (χ1) is 31.3. The molecule has 0 saturated carbocycles. The SMILES string of the molecule is c1ccc(-c2ccc(N(c3ccccc3)c3ccccc3-c3ccc4c5ccccc5n(-c5cccc6c5C(c5ccccc5)(c5ccccc5)c5ccccc5-6)c4c3)cc2)cc1. The maximum Gasteiger partial charge on any atom is 0.0734 e. The molecule has 1 aliphatic rings. The highest BCUT2D eigenvalue weighted by molar-refractivity contribution is 6.11. The number of nitrogens with zero attached hydrogens (tertiary/aromatic N) is 2. The van der Waals surface area contributed by atoms with E-state index in [1.165, 1.54) is 72.0 Å². The molecule has 0 atom stereocenters. The van der Waals surface area contributed by atoms with Crippen LogP contribution in [0.1, 0.15) is 22.3 Å². The number of benzene rings is 10. The van der Waals surface area contributed by atoms with Gasteiger partial charge in [-0.25, -0.2) is 0 Å². The number of aromatic nitrogens is 1. The largest absolute Gasteiger partial charge is 0.310 e. The Morgan fingerprint density at radius 2 is 0.857 bits per heavy atom. The van der Waals surface area contributed by atoms with Crippen molar-refractivity contribution < 1.29 is 0 Å². The Labute approximate surface area is 368 Å². The van der Waals surface area contributed by atoms with Gasteiger partial charge in [-0.1, -0.05) is 206 Å². The molecule has 0 bridgehead atoms. The molecule has 2 heteroatoms. The van der Waals surface area contributed by atoms with Crippen molar-refractivity contribution in [2.24, 2.45) is 0 Å². The smallest absolute Gasteiger partial charge is 0.0734 e. The molecule has 0 N–H and O–H groups in total. The third-order valence-electron chi connectivity index (χ3n) is 13.1.